The summed E-state index contributed by atoms with van der Waals surface area (Å²) < 4.78 is 11.5. The Morgan fingerprint density at radius 3 is 2.75 bits per heavy atom. The van der Waals surface area contributed by atoms with Crippen molar-refractivity contribution in [3.63, 3.8) is 0 Å². The van der Waals surface area contributed by atoms with Crippen molar-refractivity contribution in [3.8, 4) is 0 Å². The molecule has 4 rings (SSSR count). The summed E-state index contributed by atoms with van der Waals surface area (Å²) in [5.74, 6) is 1.43. The van der Waals surface area contributed by atoms with E-state index in [1.807, 2.05) is 0 Å². The number of hydrogen-bond donors (Lipinski definition) is 1. The van der Waals surface area contributed by atoms with Gasteiger partial charge in [0.1, 0.15) is 0 Å². The van der Waals surface area contributed by atoms with Crippen molar-refractivity contribution in [2.45, 2.75) is 75.3 Å². The van der Waals surface area contributed by atoms with Gasteiger partial charge in [-0.2, -0.15) is 4.98 Å². The molecule has 1 saturated heterocycles. The third-order valence-electron chi connectivity index (χ3n) is 4.97. The van der Waals surface area contributed by atoms with Crippen LogP contribution in [0.3, 0.4) is 0 Å². The molecule has 2 heterocycles. The van der Waals surface area contributed by atoms with E-state index in [4.69, 9.17) is 9.26 Å². The molecule has 1 aromatic rings. The second kappa shape index (κ2) is 5.02. The summed E-state index contributed by atoms with van der Waals surface area (Å²) in [5.41, 5.74) is 0.119. The van der Waals surface area contributed by atoms with Gasteiger partial charge in [0.05, 0.1) is 5.60 Å². The van der Waals surface area contributed by atoms with Gasteiger partial charge in [-0.05, 0) is 38.5 Å². The Bertz CT molecular complexity index is 458. The van der Waals surface area contributed by atoms with Crippen LogP contribution in [0.15, 0.2) is 4.52 Å². The molecule has 1 atom stereocenters. The highest BCUT2D eigenvalue weighted by molar-refractivity contribution is 5.23. The van der Waals surface area contributed by atoms with E-state index in [9.17, 15) is 0 Å². The van der Waals surface area contributed by atoms with Crippen LogP contribution in [0.5, 0.6) is 0 Å². The van der Waals surface area contributed by atoms with E-state index < -0.39 is 0 Å². The normalized spacial score (nSPS) is 29.5. The molecule has 0 radical (unpaired) electrons. The van der Waals surface area contributed by atoms with Crippen LogP contribution in [0, 0.1) is 0 Å². The Morgan fingerprint density at radius 1 is 1.10 bits per heavy atom. The second-order valence-corrected chi connectivity index (χ2v) is 6.66. The average molecular weight is 277 g/mol. The Morgan fingerprint density at radius 2 is 1.95 bits per heavy atom. The largest absolute Gasteiger partial charge is 0.375 e. The summed E-state index contributed by atoms with van der Waals surface area (Å²) in [7, 11) is 0. The fourth-order valence-electron chi connectivity index (χ4n) is 3.67. The van der Waals surface area contributed by atoms with Crippen molar-refractivity contribution in [2.75, 3.05) is 11.9 Å². The molecule has 1 N–H and O–H groups in total. The first-order valence-corrected chi connectivity index (χ1v) is 8.07. The van der Waals surface area contributed by atoms with Gasteiger partial charge in [-0.25, -0.2) is 0 Å². The zero-order valence-corrected chi connectivity index (χ0v) is 11.9. The Kier molecular flexibility index (Phi) is 3.17. The van der Waals surface area contributed by atoms with Crippen LogP contribution in [0.1, 0.15) is 69.5 Å². The summed E-state index contributed by atoms with van der Waals surface area (Å²) >= 11 is 0. The molecule has 110 valence electrons. The molecule has 0 amide bonds. The summed E-state index contributed by atoms with van der Waals surface area (Å²) in [6.07, 6.45) is 10.9. The number of aromatic nitrogens is 2. The number of anilines is 1. The maximum Gasteiger partial charge on any atom is 0.321 e. The first kappa shape index (κ1) is 12.6. The number of nitrogens with one attached hydrogen (secondary N) is 1. The van der Waals surface area contributed by atoms with Gasteiger partial charge in [0, 0.05) is 18.6 Å². The number of ether oxygens (including phenoxy) is 1. The molecule has 5 nitrogen and oxygen atoms in total. The molecule has 20 heavy (non-hydrogen) atoms. The molecule has 1 spiro atoms. The van der Waals surface area contributed by atoms with Crippen LogP contribution >= 0.6 is 0 Å². The average Bonchev–Trinajstić information content (AvgIpc) is 3.21. The highest BCUT2D eigenvalue weighted by Gasteiger charge is 2.39. The van der Waals surface area contributed by atoms with Crippen molar-refractivity contribution < 1.29 is 9.26 Å². The lowest BCUT2D eigenvalue weighted by Crippen LogP contribution is -2.45. The van der Waals surface area contributed by atoms with Gasteiger partial charge < -0.3 is 14.6 Å². The van der Waals surface area contributed by atoms with E-state index in [2.05, 4.69) is 15.5 Å². The molecular formula is C15H23N3O2. The lowest BCUT2D eigenvalue weighted by molar-refractivity contribution is -0.103. The highest BCUT2D eigenvalue weighted by Crippen LogP contribution is 2.40. The van der Waals surface area contributed by atoms with E-state index in [0.29, 0.717) is 18.0 Å². The standard InChI is InChI=1S/C15H23N3O2/c1-2-7-15(8-3-1)10-12(6-9-19-15)16-14-17-13(18-20-14)11-4-5-11/h11-12H,1-10H2,(H,16,17,18)/t12-/m0/s1. The van der Waals surface area contributed by atoms with E-state index in [1.165, 1.54) is 44.9 Å². The Hall–Kier alpha value is -1.10. The first-order chi connectivity index (χ1) is 9.83. The van der Waals surface area contributed by atoms with E-state index in [0.717, 1.165) is 25.3 Å². The van der Waals surface area contributed by atoms with E-state index in [-0.39, 0.29) is 5.60 Å². The third-order valence-corrected chi connectivity index (χ3v) is 4.97. The summed E-state index contributed by atoms with van der Waals surface area (Å²) in [6.45, 7) is 0.848. The van der Waals surface area contributed by atoms with Gasteiger partial charge in [-0.1, -0.05) is 24.4 Å². The predicted molar refractivity (Wildman–Crippen MR) is 74.7 cm³/mol. The number of rotatable bonds is 3. The summed E-state index contributed by atoms with van der Waals surface area (Å²) in [5, 5.41) is 7.50. The quantitative estimate of drug-likeness (QED) is 0.919. The van der Waals surface area contributed by atoms with Crippen LogP contribution < -0.4 is 5.32 Å². The molecule has 3 aliphatic rings. The van der Waals surface area contributed by atoms with Crippen molar-refractivity contribution in [1.82, 2.24) is 10.1 Å². The molecule has 5 heteroatoms. The SMILES string of the molecule is C1CCC2(CC1)C[C@@H](Nc1nc(C3CC3)no1)CCO2. The fourth-order valence-corrected chi connectivity index (χ4v) is 3.67. The van der Waals surface area contributed by atoms with Crippen LogP contribution in [-0.4, -0.2) is 28.4 Å². The minimum Gasteiger partial charge on any atom is -0.375 e. The van der Waals surface area contributed by atoms with Crippen LogP contribution in [0.25, 0.3) is 0 Å². The molecule has 0 unspecified atom stereocenters. The van der Waals surface area contributed by atoms with Crippen LogP contribution in [-0.2, 0) is 4.74 Å². The molecule has 2 saturated carbocycles. The summed E-state index contributed by atoms with van der Waals surface area (Å²) in [4.78, 5) is 4.47. The number of nitrogens with zero attached hydrogens (tertiary/aromatic N) is 2. The van der Waals surface area contributed by atoms with Crippen molar-refractivity contribution in [3.05, 3.63) is 5.82 Å². The zero-order valence-electron chi connectivity index (χ0n) is 11.9. The predicted octanol–water partition coefficient (Wildman–Crippen LogP) is 3.24. The first-order valence-electron chi connectivity index (χ1n) is 8.07. The smallest absolute Gasteiger partial charge is 0.321 e. The fraction of sp³-hybridized carbons (Fsp3) is 0.867. The zero-order chi connectivity index (χ0) is 13.4. The number of hydrogen-bond acceptors (Lipinski definition) is 5. The molecular weight excluding hydrogens is 254 g/mol. The maximum atomic E-state index is 6.12. The van der Waals surface area contributed by atoms with Gasteiger partial charge in [0.2, 0.25) is 0 Å². The molecule has 2 aliphatic carbocycles. The van der Waals surface area contributed by atoms with Crippen molar-refractivity contribution >= 4 is 6.01 Å². The van der Waals surface area contributed by atoms with Crippen LogP contribution in [0.4, 0.5) is 6.01 Å². The topological polar surface area (TPSA) is 60.2 Å². The molecule has 3 fully saturated rings. The monoisotopic (exact) mass is 277 g/mol. The van der Waals surface area contributed by atoms with Gasteiger partial charge in [-0.15, -0.1) is 0 Å². The molecule has 0 aromatic carbocycles. The second-order valence-electron chi connectivity index (χ2n) is 6.66. The molecule has 1 aromatic heterocycles. The van der Waals surface area contributed by atoms with Crippen molar-refractivity contribution in [2.24, 2.45) is 0 Å². The lowest BCUT2D eigenvalue weighted by Gasteiger charge is -2.43. The van der Waals surface area contributed by atoms with Gasteiger partial charge in [0.15, 0.2) is 5.82 Å². The molecule has 0 bridgehead atoms. The van der Waals surface area contributed by atoms with Gasteiger partial charge >= 0.3 is 6.01 Å². The Balaban J connectivity index is 1.39. The summed E-state index contributed by atoms with van der Waals surface area (Å²) in [6, 6.07) is 1.01. The van der Waals surface area contributed by atoms with Gasteiger partial charge in [0.25, 0.3) is 0 Å². The van der Waals surface area contributed by atoms with E-state index >= 15 is 0 Å². The minimum atomic E-state index is 0.119. The molecule has 1 aliphatic heterocycles. The highest BCUT2D eigenvalue weighted by atomic mass is 16.5. The lowest BCUT2D eigenvalue weighted by atomic mass is 9.78. The third kappa shape index (κ3) is 2.55. The maximum absolute atomic E-state index is 6.12. The van der Waals surface area contributed by atoms with E-state index in [1.54, 1.807) is 0 Å². The van der Waals surface area contributed by atoms with Gasteiger partial charge in [-0.3, -0.25) is 0 Å². The van der Waals surface area contributed by atoms with Crippen molar-refractivity contribution in [1.29, 1.82) is 0 Å². The Labute approximate surface area is 119 Å². The van der Waals surface area contributed by atoms with Crippen LogP contribution in [0.2, 0.25) is 0 Å². The minimum absolute atomic E-state index is 0.119.